The number of carboxylic acid groups (broad SMARTS) is 1. The minimum atomic E-state index is -0.979. The predicted molar refractivity (Wildman–Crippen MR) is 145 cm³/mol. The van der Waals surface area contributed by atoms with Crippen LogP contribution < -0.4 is 11.1 Å². The Balaban J connectivity index is 1.53. The Labute approximate surface area is 220 Å². The molecule has 2 aromatic heterocycles. The maximum Gasteiger partial charge on any atom is 0.335 e. The molecule has 0 saturated heterocycles. The van der Waals surface area contributed by atoms with Crippen LogP contribution in [-0.2, 0) is 4.79 Å². The van der Waals surface area contributed by atoms with Gasteiger partial charge in [0, 0.05) is 17.0 Å². The van der Waals surface area contributed by atoms with E-state index in [1.807, 2.05) is 44.2 Å². The summed E-state index contributed by atoms with van der Waals surface area (Å²) in [5.74, 6) is -1.38. The van der Waals surface area contributed by atoms with E-state index >= 15 is 0 Å². The summed E-state index contributed by atoms with van der Waals surface area (Å²) in [6.07, 6.45) is 5.62. The van der Waals surface area contributed by atoms with Crippen molar-refractivity contribution in [3.8, 4) is 11.4 Å². The number of aromatic carboxylic acids is 1. The predicted octanol–water partition coefficient (Wildman–Crippen LogP) is 4.69. The van der Waals surface area contributed by atoms with Crippen molar-refractivity contribution in [1.29, 1.82) is 0 Å². The summed E-state index contributed by atoms with van der Waals surface area (Å²) >= 11 is 0. The van der Waals surface area contributed by atoms with Crippen molar-refractivity contribution in [3.05, 3.63) is 59.8 Å². The molecule has 4 aromatic rings. The maximum atomic E-state index is 12.8. The van der Waals surface area contributed by atoms with Crippen LogP contribution in [0.4, 0.5) is 0 Å². The molecule has 9 nitrogen and oxygen atoms in total. The molecule has 2 heterocycles. The Morgan fingerprint density at radius 1 is 0.974 bits per heavy atom. The minimum Gasteiger partial charge on any atom is -0.478 e. The monoisotopic (exact) mass is 513 g/mol. The highest BCUT2D eigenvalue weighted by atomic mass is 16.4. The first-order chi connectivity index (χ1) is 18.2. The van der Waals surface area contributed by atoms with E-state index in [0.29, 0.717) is 17.1 Å². The zero-order chi connectivity index (χ0) is 27.0. The van der Waals surface area contributed by atoms with Crippen molar-refractivity contribution in [2.24, 2.45) is 11.7 Å². The Kier molecular flexibility index (Phi) is 6.84. The Morgan fingerprint density at radius 3 is 2.42 bits per heavy atom. The van der Waals surface area contributed by atoms with Crippen molar-refractivity contribution >= 4 is 39.7 Å². The van der Waals surface area contributed by atoms with Gasteiger partial charge in [-0.3, -0.25) is 9.59 Å². The van der Waals surface area contributed by atoms with E-state index in [4.69, 9.17) is 10.7 Å². The number of nitrogens with one attached hydrogen (secondary N) is 1. The molecule has 0 aliphatic heterocycles. The number of fused-ring (bicyclic) bond motifs is 2. The van der Waals surface area contributed by atoms with Crippen molar-refractivity contribution in [2.75, 3.05) is 0 Å². The molecule has 9 heteroatoms. The largest absolute Gasteiger partial charge is 0.478 e. The molecule has 38 heavy (non-hydrogen) atoms. The molecule has 1 saturated carbocycles. The van der Waals surface area contributed by atoms with E-state index in [1.165, 1.54) is 6.42 Å². The lowest BCUT2D eigenvalue weighted by Gasteiger charge is -2.25. The number of hydrogen-bond donors (Lipinski definition) is 3. The summed E-state index contributed by atoms with van der Waals surface area (Å²) in [5, 5.41) is 13.0. The number of imidazole rings is 1. The molecular weight excluding hydrogens is 482 g/mol. The lowest BCUT2D eigenvalue weighted by atomic mass is 9.94. The van der Waals surface area contributed by atoms with Gasteiger partial charge in [0.25, 0.3) is 5.91 Å². The van der Waals surface area contributed by atoms with Gasteiger partial charge in [-0.1, -0.05) is 39.2 Å². The van der Waals surface area contributed by atoms with Gasteiger partial charge in [-0.15, -0.1) is 0 Å². The Hall–Kier alpha value is -4.27. The zero-order valence-electron chi connectivity index (χ0n) is 21.5. The SMILES string of the molecule is CC(C)C(NC(=O)c1ccc2cc(-c3nc4cc(C(=O)O)ccc4n3C3CCCCC3)ccc2n1)C(N)=O. The fourth-order valence-corrected chi connectivity index (χ4v) is 5.32. The molecule has 2 amide bonds. The van der Waals surface area contributed by atoms with Gasteiger partial charge in [0.05, 0.1) is 22.1 Å². The van der Waals surface area contributed by atoms with Crippen LogP contribution in [-0.4, -0.2) is 43.5 Å². The summed E-state index contributed by atoms with van der Waals surface area (Å²) in [7, 11) is 0. The third-order valence-corrected chi connectivity index (χ3v) is 7.32. The standard InChI is InChI=1S/C29H31N5O4/c1-16(2)25(26(30)35)33-28(36)22-12-8-17-14-18(9-11-21(17)31-22)27-32-23-15-19(29(37)38)10-13-24(23)34(27)20-6-4-3-5-7-20/h8-16,20,25H,3-7H2,1-2H3,(H2,30,35)(H,33,36)(H,37,38). The van der Waals surface area contributed by atoms with Crippen LogP contribution in [0.3, 0.4) is 0 Å². The quantitative estimate of drug-likeness (QED) is 0.327. The first-order valence-corrected chi connectivity index (χ1v) is 13.0. The van der Waals surface area contributed by atoms with Gasteiger partial charge in [-0.2, -0.15) is 0 Å². The average Bonchev–Trinajstić information content (AvgIpc) is 3.30. The smallest absolute Gasteiger partial charge is 0.335 e. The number of aromatic nitrogens is 3. The number of primary amides is 1. The molecule has 0 radical (unpaired) electrons. The van der Waals surface area contributed by atoms with Gasteiger partial charge in [-0.05, 0) is 61.2 Å². The highest BCUT2D eigenvalue weighted by Crippen LogP contribution is 2.36. The zero-order valence-corrected chi connectivity index (χ0v) is 21.5. The summed E-state index contributed by atoms with van der Waals surface area (Å²) in [6.45, 7) is 3.63. The fourth-order valence-electron chi connectivity index (χ4n) is 5.32. The summed E-state index contributed by atoms with van der Waals surface area (Å²) in [6, 6.07) is 13.8. The molecule has 2 aromatic carbocycles. The number of nitrogens with zero attached hydrogens (tertiary/aromatic N) is 3. The molecule has 1 aliphatic carbocycles. The molecule has 4 N–H and O–H groups in total. The highest BCUT2D eigenvalue weighted by Gasteiger charge is 2.25. The number of hydrogen-bond acceptors (Lipinski definition) is 5. The van der Waals surface area contributed by atoms with Crippen LogP contribution in [0, 0.1) is 5.92 Å². The second-order valence-corrected chi connectivity index (χ2v) is 10.3. The fraction of sp³-hybridized carbons (Fsp3) is 0.345. The molecule has 1 aliphatic rings. The summed E-state index contributed by atoms with van der Waals surface area (Å²) in [5.41, 5.74) is 8.96. The van der Waals surface area contributed by atoms with Crippen molar-refractivity contribution in [1.82, 2.24) is 19.9 Å². The van der Waals surface area contributed by atoms with Crippen LogP contribution in [0.5, 0.6) is 0 Å². The maximum absolute atomic E-state index is 12.8. The second-order valence-electron chi connectivity index (χ2n) is 10.3. The van der Waals surface area contributed by atoms with E-state index < -0.39 is 23.8 Å². The van der Waals surface area contributed by atoms with Crippen molar-refractivity contribution in [2.45, 2.75) is 58.0 Å². The van der Waals surface area contributed by atoms with Gasteiger partial charge in [0.1, 0.15) is 17.6 Å². The number of carboxylic acids is 1. The number of benzene rings is 2. The molecule has 5 rings (SSSR count). The van der Waals surface area contributed by atoms with E-state index in [-0.39, 0.29) is 17.2 Å². The molecular formula is C29H31N5O4. The Morgan fingerprint density at radius 2 is 1.74 bits per heavy atom. The van der Waals surface area contributed by atoms with E-state index in [1.54, 1.807) is 18.2 Å². The molecule has 0 spiro atoms. The summed E-state index contributed by atoms with van der Waals surface area (Å²) in [4.78, 5) is 45.4. The topological polar surface area (TPSA) is 140 Å². The van der Waals surface area contributed by atoms with Crippen molar-refractivity contribution in [3.63, 3.8) is 0 Å². The number of pyridine rings is 1. The number of amides is 2. The lowest BCUT2D eigenvalue weighted by Crippen LogP contribution is -2.47. The molecule has 196 valence electrons. The highest BCUT2D eigenvalue weighted by molar-refractivity contribution is 5.98. The second kappa shape index (κ2) is 10.2. The number of carbonyl (C=O) groups is 3. The Bertz CT molecular complexity index is 1550. The van der Waals surface area contributed by atoms with E-state index in [9.17, 15) is 19.5 Å². The van der Waals surface area contributed by atoms with E-state index in [2.05, 4.69) is 14.9 Å². The molecule has 1 atom stereocenters. The van der Waals surface area contributed by atoms with Gasteiger partial charge < -0.3 is 20.7 Å². The van der Waals surface area contributed by atoms with Crippen LogP contribution in [0.25, 0.3) is 33.3 Å². The first-order valence-electron chi connectivity index (χ1n) is 13.0. The lowest BCUT2D eigenvalue weighted by molar-refractivity contribution is -0.120. The number of nitrogens with two attached hydrogens (primary N) is 1. The first kappa shape index (κ1) is 25.4. The van der Waals surface area contributed by atoms with Crippen molar-refractivity contribution < 1.29 is 19.5 Å². The van der Waals surface area contributed by atoms with Crippen LogP contribution in [0.1, 0.15) is 72.8 Å². The van der Waals surface area contributed by atoms with Gasteiger partial charge >= 0.3 is 5.97 Å². The number of carbonyl (C=O) groups excluding carboxylic acids is 2. The van der Waals surface area contributed by atoms with Gasteiger partial charge in [-0.25, -0.2) is 14.8 Å². The van der Waals surface area contributed by atoms with Crippen LogP contribution >= 0.6 is 0 Å². The van der Waals surface area contributed by atoms with Gasteiger partial charge in [0.15, 0.2) is 0 Å². The van der Waals surface area contributed by atoms with Gasteiger partial charge in [0.2, 0.25) is 5.91 Å². The third-order valence-electron chi connectivity index (χ3n) is 7.32. The minimum absolute atomic E-state index is 0.144. The average molecular weight is 514 g/mol. The molecule has 1 fully saturated rings. The van der Waals surface area contributed by atoms with Crippen LogP contribution in [0.2, 0.25) is 0 Å². The summed E-state index contributed by atoms with van der Waals surface area (Å²) < 4.78 is 2.26. The number of rotatable bonds is 7. The van der Waals surface area contributed by atoms with Crippen LogP contribution in [0.15, 0.2) is 48.5 Å². The molecule has 1 unspecified atom stereocenters. The van der Waals surface area contributed by atoms with E-state index in [0.717, 1.165) is 48.0 Å². The third kappa shape index (κ3) is 4.83. The normalized spacial score (nSPS) is 15.1. The molecule has 0 bridgehead atoms.